The van der Waals surface area contributed by atoms with Gasteiger partial charge in [-0.1, -0.05) is 28.1 Å². The van der Waals surface area contributed by atoms with Gasteiger partial charge in [0.1, 0.15) is 6.61 Å². The van der Waals surface area contributed by atoms with Gasteiger partial charge in [0, 0.05) is 11.0 Å². The normalized spacial score (nSPS) is 10.8. The predicted molar refractivity (Wildman–Crippen MR) is 78.6 cm³/mol. The smallest absolute Gasteiger partial charge is 0.261 e. The number of anilines is 1. The molecule has 0 aromatic heterocycles. The maximum atomic E-state index is 11.8. The first-order valence-electron chi connectivity index (χ1n) is 6.42. The van der Waals surface area contributed by atoms with Gasteiger partial charge in [-0.25, -0.2) is 8.78 Å². The third kappa shape index (κ3) is 7.55. The van der Waals surface area contributed by atoms with Gasteiger partial charge in [-0.2, -0.15) is 0 Å². The van der Waals surface area contributed by atoms with Crippen molar-refractivity contribution in [3.05, 3.63) is 29.8 Å². The van der Waals surface area contributed by atoms with Gasteiger partial charge in [0.15, 0.2) is 0 Å². The number of amides is 1. The molecule has 0 aliphatic carbocycles. The third-order valence-corrected chi connectivity index (χ3v) is 3.09. The van der Waals surface area contributed by atoms with Crippen LogP contribution in [0.25, 0.3) is 0 Å². The molecule has 1 N–H and O–H groups in total. The van der Waals surface area contributed by atoms with E-state index in [2.05, 4.69) is 26.0 Å². The number of benzene rings is 1. The molecule has 0 aliphatic rings. The Hall–Kier alpha value is -1.01. The predicted octanol–water partition coefficient (Wildman–Crippen LogP) is 3.62. The third-order valence-electron chi connectivity index (χ3n) is 2.53. The number of hydrogen-bond donors (Lipinski definition) is 1. The quantitative estimate of drug-likeness (QED) is 0.546. The summed E-state index contributed by atoms with van der Waals surface area (Å²) in [7, 11) is 0. The first-order valence-corrected chi connectivity index (χ1v) is 7.54. The summed E-state index contributed by atoms with van der Waals surface area (Å²) in [6.07, 6.45) is -0.465. The first-order chi connectivity index (χ1) is 9.61. The summed E-state index contributed by atoms with van der Waals surface area (Å²) in [5.41, 5.74) is 1.87. The standard InChI is InChI=1S/C14H18BrF2NO2/c15-7-2-4-11-3-1-5-12(9-11)18-14(19)6-8-20-10-13(16)17/h1,3,5,9,13H,2,4,6-8,10H2,(H,18,19). The van der Waals surface area contributed by atoms with E-state index in [9.17, 15) is 13.6 Å². The zero-order valence-electron chi connectivity index (χ0n) is 11.1. The fourth-order valence-electron chi connectivity index (χ4n) is 1.64. The number of carbonyl (C=O) groups is 1. The highest BCUT2D eigenvalue weighted by Crippen LogP contribution is 2.13. The lowest BCUT2D eigenvalue weighted by Crippen LogP contribution is -2.15. The van der Waals surface area contributed by atoms with Crippen LogP contribution >= 0.6 is 15.9 Å². The molecule has 1 rings (SSSR count). The number of carbonyl (C=O) groups excluding carboxylic acids is 1. The summed E-state index contributed by atoms with van der Waals surface area (Å²) in [4.78, 5) is 11.6. The Labute approximate surface area is 125 Å². The second-order valence-corrected chi connectivity index (χ2v) is 5.05. The molecular formula is C14H18BrF2NO2. The minimum atomic E-state index is -2.50. The van der Waals surface area contributed by atoms with Crippen LogP contribution in [0.3, 0.4) is 0 Å². The Morgan fingerprint density at radius 1 is 1.40 bits per heavy atom. The van der Waals surface area contributed by atoms with Gasteiger partial charge in [-0.05, 0) is 30.5 Å². The van der Waals surface area contributed by atoms with Crippen molar-refractivity contribution >= 4 is 27.5 Å². The number of halogens is 3. The van der Waals surface area contributed by atoms with Gasteiger partial charge in [-0.3, -0.25) is 4.79 Å². The van der Waals surface area contributed by atoms with Gasteiger partial charge in [0.25, 0.3) is 6.43 Å². The second kappa shape index (κ2) is 9.83. The van der Waals surface area contributed by atoms with Crippen molar-refractivity contribution in [3.63, 3.8) is 0 Å². The average molecular weight is 350 g/mol. The van der Waals surface area contributed by atoms with Crippen LogP contribution in [0.2, 0.25) is 0 Å². The van der Waals surface area contributed by atoms with Crippen LogP contribution in [0, 0.1) is 0 Å². The summed E-state index contributed by atoms with van der Waals surface area (Å²) >= 11 is 3.37. The highest BCUT2D eigenvalue weighted by molar-refractivity contribution is 9.09. The summed E-state index contributed by atoms with van der Waals surface area (Å²) in [5, 5.41) is 3.66. The van der Waals surface area contributed by atoms with E-state index in [0.29, 0.717) is 0 Å². The van der Waals surface area contributed by atoms with Crippen LogP contribution in [0.15, 0.2) is 24.3 Å². The largest absolute Gasteiger partial charge is 0.375 e. The summed E-state index contributed by atoms with van der Waals surface area (Å²) in [6.45, 7) is -0.630. The number of alkyl halides is 3. The number of aryl methyl sites for hydroxylation is 1. The number of nitrogens with one attached hydrogen (secondary N) is 1. The molecule has 0 fully saturated rings. The Bertz CT molecular complexity index is 416. The van der Waals surface area contributed by atoms with E-state index in [-0.39, 0.29) is 18.9 Å². The summed E-state index contributed by atoms with van der Waals surface area (Å²) in [5.74, 6) is -0.239. The molecule has 0 bridgehead atoms. The number of ether oxygens (including phenoxy) is 1. The Morgan fingerprint density at radius 2 is 2.20 bits per heavy atom. The Balaban J connectivity index is 2.33. The van der Waals surface area contributed by atoms with Crippen molar-refractivity contribution in [2.24, 2.45) is 0 Å². The molecule has 0 unspecified atom stereocenters. The molecular weight excluding hydrogens is 332 g/mol. The van der Waals surface area contributed by atoms with E-state index in [0.717, 1.165) is 29.4 Å². The Morgan fingerprint density at radius 3 is 2.90 bits per heavy atom. The lowest BCUT2D eigenvalue weighted by atomic mass is 10.1. The molecule has 112 valence electrons. The van der Waals surface area contributed by atoms with E-state index in [1.54, 1.807) is 6.07 Å². The van der Waals surface area contributed by atoms with Crippen LogP contribution in [-0.4, -0.2) is 30.9 Å². The van der Waals surface area contributed by atoms with Crippen molar-refractivity contribution in [2.75, 3.05) is 23.9 Å². The molecule has 0 heterocycles. The van der Waals surface area contributed by atoms with Gasteiger partial charge >= 0.3 is 0 Å². The van der Waals surface area contributed by atoms with Crippen LogP contribution in [0.4, 0.5) is 14.5 Å². The average Bonchev–Trinajstić information content (AvgIpc) is 2.41. The minimum absolute atomic E-state index is 0.000545. The zero-order chi connectivity index (χ0) is 14.8. The van der Waals surface area contributed by atoms with Gasteiger partial charge in [0.05, 0.1) is 13.0 Å². The monoisotopic (exact) mass is 349 g/mol. The molecule has 0 radical (unpaired) electrons. The van der Waals surface area contributed by atoms with Crippen LogP contribution in [0.1, 0.15) is 18.4 Å². The highest BCUT2D eigenvalue weighted by Gasteiger charge is 2.05. The molecule has 0 aliphatic heterocycles. The van der Waals surface area contributed by atoms with E-state index in [1.807, 2.05) is 18.2 Å². The molecule has 1 aromatic rings. The lowest BCUT2D eigenvalue weighted by Gasteiger charge is -2.07. The van der Waals surface area contributed by atoms with Gasteiger partial charge in [0.2, 0.25) is 5.91 Å². The number of rotatable bonds is 9. The molecule has 0 saturated carbocycles. The van der Waals surface area contributed by atoms with Crippen LogP contribution in [0.5, 0.6) is 0 Å². The molecule has 0 saturated heterocycles. The first kappa shape index (κ1) is 17.0. The maximum absolute atomic E-state index is 11.8. The van der Waals surface area contributed by atoms with Crippen molar-refractivity contribution in [2.45, 2.75) is 25.7 Å². The van der Waals surface area contributed by atoms with Gasteiger partial charge < -0.3 is 10.1 Å². The summed E-state index contributed by atoms with van der Waals surface area (Å²) < 4.78 is 28.3. The minimum Gasteiger partial charge on any atom is -0.375 e. The van der Waals surface area contributed by atoms with E-state index < -0.39 is 13.0 Å². The van der Waals surface area contributed by atoms with E-state index in [4.69, 9.17) is 0 Å². The maximum Gasteiger partial charge on any atom is 0.261 e. The zero-order valence-corrected chi connectivity index (χ0v) is 12.7. The SMILES string of the molecule is O=C(CCOCC(F)F)Nc1cccc(CCCBr)c1. The van der Waals surface area contributed by atoms with Crippen LogP contribution < -0.4 is 5.32 Å². The Kier molecular flexibility index (Phi) is 8.37. The van der Waals surface area contributed by atoms with E-state index in [1.165, 1.54) is 0 Å². The highest BCUT2D eigenvalue weighted by atomic mass is 79.9. The van der Waals surface area contributed by atoms with Crippen molar-refractivity contribution < 1.29 is 18.3 Å². The second-order valence-electron chi connectivity index (χ2n) is 4.26. The van der Waals surface area contributed by atoms with E-state index >= 15 is 0 Å². The molecule has 1 aromatic carbocycles. The molecule has 0 atom stereocenters. The van der Waals surface area contributed by atoms with Gasteiger partial charge in [-0.15, -0.1) is 0 Å². The van der Waals surface area contributed by atoms with Crippen LogP contribution in [-0.2, 0) is 16.0 Å². The fraction of sp³-hybridized carbons (Fsp3) is 0.500. The fourth-order valence-corrected chi connectivity index (χ4v) is 1.92. The molecule has 0 spiro atoms. The molecule has 20 heavy (non-hydrogen) atoms. The molecule has 6 heteroatoms. The lowest BCUT2D eigenvalue weighted by molar-refractivity contribution is -0.117. The topological polar surface area (TPSA) is 38.3 Å². The van der Waals surface area contributed by atoms with Crippen molar-refractivity contribution in [1.82, 2.24) is 0 Å². The number of hydrogen-bond acceptors (Lipinski definition) is 2. The molecule has 3 nitrogen and oxygen atoms in total. The van der Waals surface area contributed by atoms with Crippen molar-refractivity contribution in [1.29, 1.82) is 0 Å². The molecule has 1 amide bonds. The van der Waals surface area contributed by atoms with Crippen molar-refractivity contribution in [3.8, 4) is 0 Å². The summed E-state index contributed by atoms with van der Waals surface area (Å²) in [6, 6.07) is 7.60.